The molecule has 2 amide bonds. The highest BCUT2D eigenvalue weighted by Gasteiger charge is 2.33. The number of rotatable bonds is 8. The molecule has 0 saturated carbocycles. The number of amides is 2. The van der Waals surface area contributed by atoms with Gasteiger partial charge in [0.25, 0.3) is 5.91 Å². The Morgan fingerprint density at radius 3 is 2.69 bits per heavy atom. The van der Waals surface area contributed by atoms with Crippen LogP contribution in [-0.4, -0.2) is 46.3 Å². The lowest BCUT2D eigenvalue weighted by molar-refractivity contribution is -0.114. The van der Waals surface area contributed by atoms with Gasteiger partial charge in [-0.05, 0) is 41.8 Å². The normalized spacial score (nSPS) is 15.5. The van der Waals surface area contributed by atoms with Gasteiger partial charge in [-0.25, -0.2) is 0 Å². The number of unbranched alkanes of at least 4 members (excludes halogenated alkanes) is 1. The fourth-order valence-corrected chi connectivity index (χ4v) is 4.61. The molecule has 7 nitrogen and oxygen atoms in total. The van der Waals surface area contributed by atoms with Gasteiger partial charge in [-0.3, -0.25) is 19.3 Å². The van der Waals surface area contributed by atoms with Crippen LogP contribution in [0.1, 0.15) is 60.8 Å². The standard InChI is InChI=1S/C27H30ClN5O2/c1-4-5-6-22-17-32(16-20-9-7-19(8-10-20)15-29-3)27(35)26-14-25(31-33(22)26)23-12-11-21(28)13-24(23)30-18(2)34/h7-15,22H,4-6,16-17H2,1-3H3,(H,30,34). The van der Waals surface area contributed by atoms with E-state index in [1.807, 2.05) is 52.2 Å². The number of hydrogen-bond donors (Lipinski definition) is 1. The van der Waals surface area contributed by atoms with Gasteiger partial charge in [0.15, 0.2) is 0 Å². The summed E-state index contributed by atoms with van der Waals surface area (Å²) in [6.45, 7) is 4.75. The van der Waals surface area contributed by atoms with Crippen LogP contribution in [0.15, 0.2) is 53.5 Å². The predicted octanol–water partition coefficient (Wildman–Crippen LogP) is 5.60. The van der Waals surface area contributed by atoms with Gasteiger partial charge in [0, 0.05) is 43.9 Å². The fourth-order valence-electron chi connectivity index (χ4n) is 4.44. The van der Waals surface area contributed by atoms with Crippen LogP contribution in [0.5, 0.6) is 0 Å². The maximum absolute atomic E-state index is 13.5. The summed E-state index contributed by atoms with van der Waals surface area (Å²) in [6, 6.07) is 15.3. The zero-order valence-corrected chi connectivity index (χ0v) is 21.0. The lowest BCUT2D eigenvalue weighted by Crippen LogP contribution is -2.42. The number of benzene rings is 2. The third kappa shape index (κ3) is 5.62. The Labute approximate surface area is 210 Å². The second-order valence-corrected chi connectivity index (χ2v) is 9.28. The van der Waals surface area contributed by atoms with Crippen molar-refractivity contribution >= 4 is 35.3 Å². The summed E-state index contributed by atoms with van der Waals surface area (Å²) in [5.74, 6) is -0.248. The Bertz CT molecular complexity index is 1250. The number of aliphatic imine (C=N–C) groups is 1. The van der Waals surface area contributed by atoms with Gasteiger partial charge in [-0.1, -0.05) is 55.6 Å². The fraction of sp³-hybridized carbons (Fsp3) is 0.333. The largest absolute Gasteiger partial charge is 0.331 e. The summed E-state index contributed by atoms with van der Waals surface area (Å²) in [7, 11) is 1.75. The molecule has 3 aromatic rings. The molecule has 1 unspecified atom stereocenters. The molecule has 0 aliphatic carbocycles. The third-order valence-corrected chi connectivity index (χ3v) is 6.34. The lowest BCUT2D eigenvalue weighted by atomic mass is 10.0. The van der Waals surface area contributed by atoms with Gasteiger partial charge in [-0.2, -0.15) is 5.10 Å². The SMILES string of the molecule is CCCCC1CN(Cc2ccc(C=NC)cc2)C(=O)c2cc(-c3ccc(Cl)cc3NC(C)=O)nn21. The van der Waals surface area contributed by atoms with E-state index in [9.17, 15) is 9.59 Å². The van der Waals surface area contributed by atoms with E-state index >= 15 is 0 Å². The molecule has 1 aliphatic heterocycles. The van der Waals surface area contributed by atoms with Crippen molar-refractivity contribution in [1.29, 1.82) is 0 Å². The number of hydrogen-bond acceptors (Lipinski definition) is 4. The van der Waals surface area contributed by atoms with Crippen LogP contribution in [0.2, 0.25) is 5.02 Å². The molecule has 35 heavy (non-hydrogen) atoms. The van der Waals surface area contributed by atoms with Gasteiger partial charge in [0.1, 0.15) is 5.69 Å². The van der Waals surface area contributed by atoms with Gasteiger partial charge in [-0.15, -0.1) is 0 Å². The molecule has 1 aromatic heterocycles. The monoisotopic (exact) mass is 491 g/mol. The maximum atomic E-state index is 13.5. The number of nitrogens with one attached hydrogen (secondary N) is 1. The summed E-state index contributed by atoms with van der Waals surface area (Å²) in [5, 5.41) is 8.18. The number of carbonyl (C=O) groups is 2. The number of halogens is 1. The summed E-state index contributed by atoms with van der Waals surface area (Å²) in [5.41, 5.74) is 4.60. The number of nitrogens with zero attached hydrogens (tertiary/aromatic N) is 4. The number of fused-ring (bicyclic) bond motifs is 1. The van der Waals surface area contributed by atoms with E-state index in [0.29, 0.717) is 35.2 Å². The van der Waals surface area contributed by atoms with Gasteiger partial charge >= 0.3 is 0 Å². The van der Waals surface area contributed by atoms with Crippen molar-refractivity contribution < 1.29 is 9.59 Å². The first-order valence-electron chi connectivity index (χ1n) is 11.9. The van der Waals surface area contributed by atoms with Gasteiger partial charge < -0.3 is 10.2 Å². The molecule has 1 aliphatic rings. The highest BCUT2D eigenvalue weighted by atomic mass is 35.5. The van der Waals surface area contributed by atoms with Crippen LogP contribution >= 0.6 is 11.6 Å². The van der Waals surface area contributed by atoms with Crippen LogP contribution in [0.25, 0.3) is 11.3 Å². The van der Waals surface area contributed by atoms with Crippen molar-refractivity contribution in [3.8, 4) is 11.3 Å². The van der Waals surface area contributed by atoms with E-state index in [2.05, 4.69) is 17.2 Å². The van der Waals surface area contributed by atoms with E-state index in [1.165, 1.54) is 6.92 Å². The Balaban J connectivity index is 1.67. The average Bonchev–Trinajstić information content (AvgIpc) is 3.27. The third-order valence-electron chi connectivity index (χ3n) is 6.11. The van der Waals surface area contributed by atoms with E-state index in [4.69, 9.17) is 16.7 Å². The highest BCUT2D eigenvalue weighted by molar-refractivity contribution is 6.31. The summed E-state index contributed by atoms with van der Waals surface area (Å²) >= 11 is 6.17. The zero-order valence-electron chi connectivity index (χ0n) is 20.3. The molecule has 0 radical (unpaired) electrons. The molecule has 2 aromatic carbocycles. The smallest absolute Gasteiger partial charge is 0.272 e. The van der Waals surface area contributed by atoms with Crippen molar-refractivity contribution in [3.05, 3.63) is 70.4 Å². The Morgan fingerprint density at radius 1 is 1.23 bits per heavy atom. The Kier molecular flexibility index (Phi) is 7.66. The summed E-state index contributed by atoms with van der Waals surface area (Å²) in [4.78, 5) is 31.2. The van der Waals surface area contributed by atoms with Crippen LogP contribution < -0.4 is 5.32 Å². The first kappa shape index (κ1) is 24.7. The average molecular weight is 492 g/mol. The first-order chi connectivity index (χ1) is 16.9. The van der Waals surface area contributed by atoms with Crippen LogP contribution in [0.3, 0.4) is 0 Å². The number of aromatic nitrogens is 2. The van der Waals surface area contributed by atoms with Crippen molar-refractivity contribution in [2.45, 2.75) is 45.7 Å². The number of carbonyl (C=O) groups excluding carboxylic acids is 2. The highest BCUT2D eigenvalue weighted by Crippen LogP contribution is 2.34. The molecule has 4 rings (SSSR count). The van der Waals surface area contributed by atoms with Crippen LogP contribution in [0, 0.1) is 0 Å². The van der Waals surface area contributed by atoms with Gasteiger partial charge in [0.05, 0.1) is 17.4 Å². The summed E-state index contributed by atoms with van der Waals surface area (Å²) in [6.07, 6.45) is 4.85. The minimum Gasteiger partial charge on any atom is -0.331 e. The molecule has 0 fully saturated rings. The number of anilines is 1. The van der Waals surface area contributed by atoms with Crippen molar-refractivity contribution in [1.82, 2.24) is 14.7 Å². The van der Waals surface area contributed by atoms with Crippen LogP contribution in [0.4, 0.5) is 5.69 Å². The zero-order chi connectivity index (χ0) is 24.9. The minimum absolute atomic E-state index is 0.0502. The van der Waals surface area contributed by atoms with E-state index in [-0.39, 0.29) is 17.9 Å². The molecule has 8 heteroatoms. The molecule has 2 heterocycles. The molecule has 0 spiro atoms. The van der Waals surface area contributed by atoms with Crippen molar-refractivity contribution in [2.75, 3.05) is 18.9 Å². The van der Waals surface area contributed by atoms with E-state index in [0.717, 1.165) is 36.0 Å². The first-order valence-corrected chi connectivity index (χ1v) is 12.2. The Morgan fingerprint density at radius 2 is 2.00 bits per heavy atom. The predicted molar refractivity (Wildman–Crippen MR) is 140 cm³/mol. The van der Waals surface area contributed by atoms with Crippen molar-refractivity contribution in [2.24, 2.45) is 4.99 Å². The molecule has 1 N–H and O–H groups in total. The quantitative estimate of drug-likeness (QED) is 0.416. The van der Waals surface area contributed by atoms with Crippen LogP contribution in [-0.2, 0) is 11.3 Å². The molecule has 1 atom stereocenters. The van der Waals surface area contributed by atoms with E-state index < -0.39 is 0 Å². The lowest BCUT2D eigenvalue weighted by Gasteiger charge is -2.33. The molecule has 182 valence electrons. The van der Waals surface area contributed by atoms with Crippen molar-refractivity contribution in [3.63, 3.8) is 0 Å². The molecule has 0 bridgehead atoms. The van der Waals surface area contributed by atoms with Gasteiger partial charge in [0.2, 0.25) is 5.91 Å². The Hall–Kier alpha value is -3.45. The molecular weight excluding hydrogens is 462 g/mol. The minimum atomic E-state index is -0.197. The molecule has 0 saturated heterocycles. The second kappa shape index (κ2) is 10.9. The second-order valence-electron chi connectivity index (χ2n) is 8.84. The topological polar surface area (TPSA) is 79.6 Å². The summed E-state index contributed by atoms with van der Waals surface area (Å²) < 4.78 is 1.87. The molecular formula is C27H30ClN5O2. The maximum Gasteiger partial charge on any atom is 0.272 e. The van der Waals surface area contributed by atoms with E-state index in [1.54, 1.807) is 19.2 Å².